The summed E-state index contributed by atoms with van der Waals surface area (Å²) >= 11 is 7.72. The Morgan fingerprint density at radius 2 is 2.00 bits per heavy atom. The van der Waals surface area contributed by atoms with Crippen LogP contribution in [0.5, 0.6) is 0 Å². The fraction of sp³-hybridized carbons (Fsp3) is 0.0588. The van der Waals surface area contributed by atoms with Gasteiger partial charge in [0.15, 0.2) is 0 Å². The minimum atomic E-state index is -0.335. The Balaban J connectivity index is 1.55. The highest BCUT2D eigenvalue weighted by Gasteiger charge is 2.11. The third-order valence-electron chi connectivity index (χ3n) is 3.50. The van der Waals surface area contributed by atoms with Crippen molar-refractivity contribution in [1.82, 2.24) is 25.2 Å². The third kappa shape index (κ3) is 3.42. The average Bonchev–Trinajstić information content (AvgIpc) is 3.25. The van der Waals surface area contributed by atoms with Crippen molar-refractivity contribution in [2.24, 2.45) is 0 Å². The van der Waals surface area contributed by atoms with Crippen LogP contribution in [0.3, 0.4) is 0 Å². The monoisotopic (exact) mass is 371 g/mol. The number of aromatic nitrogens is 5. The number of thiazole rings is 1. The molecular weight excluding hydrogens is 361 g/mol. The summed E-state index contributed by atoms with van der Waals surface area (Å²) in [4.78, 5) is 6.01. The minimum Gasteiger partial charge on any atom is -0.239 e. The van der Waals surface area contributed by atoms with E-state index in [-0.39, 0.29) is 5.82 Å². The SMILES string of the molecule is Fc1cccc(-c2nnn(Cc3csc(-c4ccccc4Cl)n3)n2)c1. The van der Waals surface area contributed by atoms with Gasteiger partial charge in [0, 0.05) is 16.5 Å². The van der Waals surface area contributed by atoms with Gasteiger partial charge < -0.3 is 0 Å². The smallest absolute Gasteiger partial charge is 0.205 e. The van der Waals surface area contributed by atoms with E-state index < -0.39 is 0 Å². The van der Waals surface area contributed by atoms with Crippen molar-refractivity contribution < 1.29 is 4.39 Å². The normalized spacial score (nSPS) is 11.0. The van der Waals surface area contributed by atoms with Gasteiger partial charge in [-0.3, -0.25) is 0 Å². The van der Waals surface area contributed by atoms with E-state index in [9.17, 15) is 4.39 Å². The number of tetrazole rings is 1. The summed E-state index contributed by atoms with van der Waals surface area (Å²) in [6.45, 7) is 0.378. The van der Waals surface area contributed by atoms with Gasteiger partial charge in [0.1, 0.15) is 17.4 Å². The van der Waals surface area contributed by atoms with E-state index in [2.05, 4.69) is 20.4 Å². The lowest BCUT2D eigenvalue weighted by atomic mass is 10.2. The van der Waals surface area contributed by atoms with Gasteiger partial charge in [-0.1, -0.05) is 41.9 Å². The van der Waals surface area contributed by atoms with E-state index >= 15 is 0 Å². The highest BCUT2D eigenvalue weighted by Crippen LogP contribution is 2.30. The van der Waals surface area contributed by atoms with Gasteiger partial charge in [-0.2, -0.15) is 4.80 Å². The standard InChI is InChI=1S/C17H11ClFN5S/c18-15-7-2-1-6-14(15)17-20-13(10-25-17)9-24-22-16(21-23-24)11-4-3-5-12(19)8-11/h1-8,10H,9H2. The van der Waals surface area contributed by atoms with Crippen LogP contribution in [-0.4, -0.2) is 25.2 Å². The lowest BCUT2D eigenvalue weighted by molar-refractivity contribution is 0.566. The lowest BCUT2D eigenvalue weighted by Gasteiger charge is -1.98. The predicted molar refractivity (Wildman–Crippen MR) is 94.9 cm³/mol. The number of nitrogens with zero attached hydrogens (tertiary/aromatic N) is 5. The van der Waals surface area contributed by atoms with Crippen LogP contribution in [0.2, 0.25) is 5.02 Å². The minimum absolute atomic E-state index is 0.335. The van der Waals surface area contributed by atoms with Crippen LogP contribution in [0, 0.1) is 5.82 Å². The van der Waals surface area contributed by atoms with E-state index in [1.165, 1.54) is 28.3 Å². The van der Waals surface area contributed by atoms with Gasteiger partial charge in [0.05, 0.1) is 10.7 Å². The molecule has 2 aromatic carbocycles. The molecule has 5 nitrogen and oxygen atoms in total. The summed E-state index contributed by atoms with van der Waals surface area (Å²) in [5.41, 5.74) is 2.29. The maximum atomic E-state index is 13.3. The van der Waals surface area contributed by atoms with E-state index in [0.29, 0.717) is 23.0 Å². The summed E-state index contributed by atoms with van der Waals surface area (Å²) in [6.07, 6.45) is 0. The number of hydrogen-bond donors (Lipinski definition) is 0. The molecule has 2 heterocycles. The van der Waals surface area contributed by atoms with Gasteiger partial charge in [0.25, 0.3) is 0 Å². The van der Waals surface area contributed by atoms with Crippen molar-refractivity contribution in [3.8, 4) is 22.0 Å². The Labute approximate surface area is 151 Å². The van der Waals surface area contributed by atoms with Gasteiger partial charge in [-0.15, -0.1) is 21.5 Å². The molecule has 0 saturated heterocycles. The Bertz CT molecular complexity index is 1030. The van der Waals surface area contributed by atoms with Crippen molar-refractivity contribution in [1.29, 1.82) is 0 Å². The maximum Gasteiger partial charge on any atom is 0.205 e. The van der Waals surface area contributed by atoms with Gasteiger partial charge in [0.2, 0.25) is 5.82 Å². The molecule has 25 heavy (non-hydrogen) atoms. The number of hydrogen-bond acceptors (Lipinski definition) is 5. The van der Waals surface area contributed by atoms with Crippen molar-refractivity contribution >= 4 is 22.9 Å². The van der Waals surface area contributed by atoms with Crippen molar-refractivity contribution in [2.75, 3.05) is 0 Å². The molecule has 2 aromatic heterocycles. The van der Waals surface area contributed by atoms with Crippen LogP contribution < -0.4 is 0 Å². The number of benzene rings is 2. The summed E-state index contributed by atoms with van der Waals surface area (Å²) < 4.78 is 13.3. The molecule has 0 radical (unpaired) electrons. The van der Waals surface area contributed by atoms with E-state index in [0.717, 1.165) is 16.3 Å². The molecular formula is C17H11ClFN5S. The Morgan fingerprint density at radius 3 is 2.84 bits per heavy atom. The summed E-state index contributed by atoms with van der Waals surface area (Å²) in [7, 11) is 0. The van der Waals surface area contributed by atoms with Gasteiger partial charge in [-0.25, -0.2) is 9.37 Å². The van der Waals surface area contributed by atoms with Crippen LogP contribution in [0.4, 0.5) is 4.39 Å². The van der Waals surface area contributed by atoms with E-state index in [1.807, 2.05) is 29.6 Å². The second kappa shape index (κ2) is 6.70. The molecule has 0 fully saturated rings. The third-order valence-corrected chi connectivity index (χ3v) is 4.75. The van der Waals surface area contributed by atoms with Crippen molar-refractivity contribution in [3.05, 3.63) is 70.4 Å². The molecule has 124 valence electrons. The molecule has 0 bridgehead atoms. The second-order valence-corrected chi connectivity index (χ2v) is 6.54. The molecule has 0 aliphatic carbocycles. The topological polar surface area (TPSA) is 56.5 Å². The predicted octanol–water partition coefficient (Wildman–Crippen LogP) is 4.30. The first-order valence-corrected chi connectivity index (χ1v) is 8.68. The fourth-order valence-corrected chi connectivity index (χ4v) is 3.47. The van der Waals surface area contributed by atoms with Crippen molar-refractivity contribution in [3.63, 3.8) is 0 Å². The average molecular weight is 372 g/mol. The lowest BCUT2D eigenvalue weighted by Crippen LogP contribution is -2.04. The Morgan fingerprint density at radius 1 is 1.12 bits per heavy atom. The Kier molecular flexibility index (Phi) is 4.25. The van der Waals surface area contributed by atoms with Crippen LogP contribution in [0.1, 0.15) is 5.69 Å². The van der Waals surface area contributed by atoms with E-state index in [1.54, 1.807) is 12.1 Å². The maximum absolute atomic E-state index is 13.3. The largest absolute Gasteiger partial charge is 0.239 e. The Hall–Kier alpha value is -2.64. The fourth-order valence-electron chi connectivity index (χ4n) is 2.34. The van der Waals surface area contributed by atoms with Crippen LogP contribution in [0.25, 0.3) is 22.0 Å². The van der Waals surface area contributed by atoms with Gasteiger partial charge in [-0.05, 0) is 23.4 Å². The molecule has 0 N–H and O–H groups in total. The number of halogens is 2. The van der Waals surface area contributed by atoms with Gasteiger partial charge >= 0.3 is 0 Å². The first-order valence-electron chi connectivity index (χ1n) is 7.42. The molecule has 8 heteroatoms. The number of rotatable bonds is 4. The zero-order chi connectivity index (χ0) is 17.2. The molecule has 4 aromatic rings. The van der Waals surface area contributed by atoms with Crippen LogP contribution in [0.15, 0.2) is 53.9 Å². The first kappa shape index (κ1) is 15.9. The van der Waals surface area contributed by atoms with Crippen LogP contribution >= 0.6 is 22.9 Å². The van der Waals surface area contributed by atoms with E-state index in [4.69, 9.17) is 11.6 Å². The summed E-state index contributed by atoms with van der Waals surface area (Å²) in [6, 6.07) is 13.7. The molecule has 0 spiro atoms. The van der Waals surface area contributed by atoms with Crippen molar-refractivity contribution in [2.45, 2.75) is 6.54 Å². The molecule has 0 unspecified atom stereocenters. The zero-order valence-corrected chi connectivity index (χ0v) is 14.4. The highest BCUT2D eigenvalue weighted by atomic mass is 35.5. The molecule has 0 amide bonds. The molecule has 0 atom stereocenters. The summed E-state index contributed by atoms with van der Waals surface area (Å²) in [5, 5.41) is 15.7. The van der Waals surface area contributed by atoms with Crippen LogP contribution in [-0.2, 0) is 6.54 Å². The zero-order valence-electron chi connectivity index (χ0n) is 12.8. The quantitative estimate of drug-likeness (QED) is 0.536. The highest BCUT2D eigenvalue weighted by molar-refractivity contribution is 7.13. The summed E-state index contributed by atoms with van der Waals surface area (Å²) in [5.74, 6) is 0.0405. The molecule has 4 rings (SSSR count). The molecule has 0 saturated carbocycles. The molecule has 0 aliphatic rings. The first-order chi connectivity index (χ1) is 12.2. The molecule has 0 aliphatic heterocycles. The second-order valence-electron chi connectivity index (χ2n) is 5.28.